The number of ketones is 1. The molecule has 1 N–H and O–H groups in total. The predicted octanol–water partition coefficient (Wildman–Crippen LogP) is 3.73. The van der Waals surface area contributed by atoms with Crippen LogP contribution in [0.3, 0.4) is 0 Å². The maximum Gasteiger partial charge on any atom is 0.220 e. The van der Waals surface area contributed by atoms with Crippen LogP contribution in [-0.4, -0.2) is 31.0 Å². The third-order valence-electron chi connectivity index (χ3n) is 3.48. The summed E-state index contributed by atoms with van der Waals surface area (Å²) in [7, 11) is 0. The Morgan fingerprint density at radius 3 is 2.69 bits per heavy atom. The van der Waals surface area contributed by atoms with Gasteiger partial charge in [0.1, 0.15) is 0 Å². The lowest BCUT2D eigenvalue weighted by atomic mass is 10.2. The summed E-state index contributed by atoms with van der Waals surface area (Å²) in [5.74, 6) is -0.204. The van der Waals surface area contributed by atoms with Crippen LogP contribution < -0.4 is 5.43 Å². The van der Waals surface area contributed by atoms with E-state index in [1.807, 2.05) is 49.4 Å². The molecule has 7 nitrogen and oxygen atoms in total. The first kappa shape index (κ1) is 18.1. The van der Waals surface area contributed by atoms with Crippen LogP contribution >= 0.6 is 23.4 Å². The van der Waals surface area contributed by atoms with Gasteiger partial charge in [-0.2, -0.15) is 9.78 Å². The number of para-hydroxylation sites is 1. The first-order valence-electron chi connectivity index (χ1n) is 7.67. The second-order valence-electron chi connectivity index (χ2n) is 5.31. The average molecular weight is 387 g/mol. The van der Waals surface area contributed by atoms with Crippen LogP contribution in [0.25, 0.3) is 5.69 Å². The highest BCUT2D eigenvalue weighted by Crippen LogP contribution is 2.24. The summed E-state index contributed by atoms with van der Waals surface area (Å²) in [5.41, 5.74) is 5.25. The number of tetrazole rings is 1. The Labute approximate surface area is 159 Å². The van der Waals surface area contributed by atoms with E-state index >= 15 is 0 Å². The monoisotopic (exact) mass is 386 g/mol. The number of aromatic nitrogens is 4. The number of halogens is 1. The third kappa shape index (κ3) is 4.09. The number of rotatable bonds is 5. The maximum atomic E-state index is 12.0. The fourth-order valence-electron chi connectivity index (χ4n) is 2.07. The molecule has 0 radical (unpaired) electrons. The Bertz CT molecular complexity index is 957. The normalized spacial score (nSPS) is 11.4. The summed E-state index contributed by atoms with van der Waals surface area (Å²) >= 11 is 7.19. The van der Waals surface area contributed by atoms with Crippen LogP contribution in [-0.2, 0) is 4.79 Å². The van der Waals surface area contributed by atoms with Gasteiger partial charge < -0.3 is 0 Å². The number of carbonyl (C=O) groups excluding carboxylic acids is 1. The van der Waals surface area contributed by atoms with Crippen LogP contribution in [0.2, 0.25) is 5.02 Å². The van der Waals surface area contributed by atoms with E-state index in [0.717, 1.165) is 28.7 Å². The van der Waals surface area contributed by atoms with E-state index in [2.05, 4.69) is 26.1 Å². The molecular formula is C17H15ClN6OS. The predicted molar refractivity (Wildman–Crippen MR) is 103 cm³/mol. The van der Waals surface area contributed by atoms with E-state index in [1.54, 1.807) is 10.7 Å². The number of hydrogen-bond acceptors (Lipinski definition) is 7. The summed E-state index contributed by atoms with van der Waals surface area (Å²) in [6.45, 7) is 3.31. The molecule has 0 amide bonds. The lowest BCUT2D eigenvalue weighted by Gasteiger charge is -2.08. The van der Waals surface area contributed by atoms with Crippen LogP contribution in [0.15, 0.2) is 58.8 Å². The van der Waals surface area contributed by atoms with Crippen molar-refractivity contribution in [2.75, 3.05) is 5.43 Å². The van der Waals surface area contributed by atoms with E-state index in [-0.39, 0.29) is 10.8 Å². The number of benzene rings is 2. The van der Waals surface area contributed by atoms with E-state index in [9.17, 15) is 4.79 Å². The zero-order valence-electron chi connectivity index (χ0n) is 14.0. The topological polar surface area (TPSA) is 85.1 Å². The molecular weight excluding hydrogens is 372 g/mol. The van der Waals surface area contributed by atoms with Crippen LogP contribution in [0.4, 0.5) is 5.69 Å². The summed E-state index contributed by atoms with van der Waals surface area (Å²) in [4.78, 5) is 12.0. The van der Waals surface area contributed by atoms with Crippen molar-refractivity contribution in [3.05, 3.63) is 59.1 Å². The van der Waals surface area contributed by atoms with E-state index in [4.69, 9.17) is 11.6 Å². The average Bonchev–Trinajstić information content (AvgIpc) is 3.10. The molecule has 3 aromatic rings. The molecule has 132 valence electrons. The Hall–Kier alpha value is -2.71. The molecule has 0 aliphatic rings. The number of nitrogens with zero attached hydrogens (tertiary/aromatic N) is 5. The second kappa shape index (κ2) is 8.11. The number of Topliss-reactive ketones (excluding diaryl/α,β-unsaturated/α-hetero) is 1. The summed E-state index contributed by atoms with van der Waals surface area (Å²) < 4.78 is 1.55. The fourth-order valence-corrected chi connectivity index (χ4v) is 2.96. The van der Waals surface area contributed by atoms with Gasteiger partial charge in [0.15, 0.2) is 10.8 Å². The summed E-state index contributed by atoms with van der Waals surface area (Å²) in [6.07, 6.45) is 0. The Morgan fingerprint density at radius 1 is 1.19 bits per heavy atom. The highest BCUT2D eigenvalue weighted by atomic mass is 35.5. The van der Waals surface area contributed by atoms with Crippen molar-refractivity contribution in [1.29, 1.82) is 0 Å². The van der Waals surface area contributed by atoms with Gasteiger partial charge in [-0.15, -0.1) is 5.10 Å². The number of carbonyl (C=O) groups is 1. The number of thioether (sulfide) groups is 1. The van der Waals surface area contributed by atoms with Crippen molar-refractivity contribution in [3.63, 3.8) is 0 Å². The molecule has 3 rings (SSSR count). The van der Waals surface area contributed by atoms with Crippen molar-refractivity contribution in [3.8, 4) is 5.69 Å². The molecule has 0 aliphatic heterocycles. The van der Waals surface area contributed by atoms with Crippen LogP contribution in [0.5, 0.6) is 0 Å². The molecule has 1 heterocycles. The van der Waals surface area contributed by atoms with E-state index in [1.165, 1.54) is 6.92 Å². The molecule has 0 saturated carbocycles. The Kier molecular flexibility index (Phi) is 5.65. The summed E-state index contributed by atoms with van der Waals surface area (Å²) in [5, 5.41) is 17.2. The zero-order valence-corrected chi connectivity index (χ0v) is 15.6. The van der Waals surface area contributed by atoms with Gasteiger partial charge in [0.25, 0.3) is 0 Å². The van der Waals surface area contributed by atoms with Crippen LogP contribution in [0.1, 0.15) is 12.5 Å². The minimum atomic E-state index is -0.204. The molecule has 0 spiro atoms. The van der Waals surface area contributed by atoms with Crippen molar-refractivity contribution >= 4 is 39.9 Å². The number of nitrogens with one attached hydrogen (secondary N) is 1. The second-order valence-corrected chi connectivity index (χ2v) is 6.67. The number of hydrogen-bond donors (Lipinski definition) is 1. The molecule has 0 aliphatic carbocycles. The van der Waals surface area contributed by atoms with Crippen LogP contribution in [0, 0.1) is 6.92 Å². The molecule has 0 bridgehead atoms. The smallest absolute Gasteiger partial charge is 0.220 e. The first-order chi connectivity index (χ1) is 12.6. The minimum absolute atomic E-state index is 0.204. The zero-order chi connectivity index (χ0) is 18.5. The third-order valence-corrected chi connectivity index (χ3v) is 4.90. The van der Waals surface area contributed by atoms with Gasteiger partial charge in [0, 0.05) is 11.9 Å². The van der Waals surface area contributed by atoms with Gasteiger partial charge in [-0.3, -0.25) is 10.2 Å². The number of anilines is 1. The number of hydrazone groups is 1. The van der Waals surface area contributed by atoms with Gasteiger partial charge in [-0.05, 0) is 58.9 Å². The standard InChI is InChI=1S/C17H15ClN6OS/c1-11-14(18)9-6-10-15(11)19-20-16(12(2)25)26-17-21-22-23-24(17)13-7-4-3-5-8-13/h3-10,19H,1-2H3. The first-order valence-corrected chi connectivity index (χ1v) is 8.87. The SMILES string of the molecule is CC(=O)C(=NNc1cccc(Cl)c1C)Sc1nnnn1-c1ccccc1. The summed E-state index contributed by atoms with van der Waals surface area (Å²) in [6, 6.07) is 14.9. The lowest BCUT2D eigenvalue weighted by molar-refractivity contribution is -0.110. The Morgan fingerprint density at radius 2 is 1.96 bits per heavy atom. The van der Waals surface area contributed by atoms with E-state index in [0.29, 0.717) is 10.2 Å². The fraction of sp³-hybridized carbons (Fsp3) is 0.118. The van der Waals surface area contributed by atoms with Gasteiger partial charge in [0.2, 0.25) is 5.16 Å². The maximum absolute atomic E-state index is 12.0. The van der Waals surface area contributed by atoms with Gasteiger partial charge in [-0.25, -0.2) is 0 Å². The van der Waals surface area contributed by atoms with E-state index < -0.39 is 0 Å². The van der Waals surface area contributed by atoms with Gasteiger partial charge >= 0.3 is 0 Å². The molecule has 1 aromatic heterocycles. The largest absolute Gasteiger partial charge is 0.292 e. The minimum Gasteiger partial charge on any atom is -0.292 e. The molecule has 0 unspecified atom stereocenters. The molecule has 0 fully saturated rings. The lowest BCUT2D eigenvalue weighted by Crippen LogP contribution is -2.10. The van der Waals surface area contributed by atoms with Crippen molar-refractivity contribution in [2.45, 2.75) is 19.0 Å². The Balaban J connectivity index is 1.85. The molecule has 26 heavy (non-hydrogen) atoms. The van der Waals surface area contributed by atoms with Crippen molar-refractivity contribution in [1.82, 2.24) is 20.2 Å². The van der Waals surface area contributed by atoms with Gasteiger partial charge in [0.05, 0.1) is 11.4 Å². The van der Waals surface area contributed by atoms with Gasteiger partial charge in [-0.1, -0.05) is 35.9 Å². The molecule has 9 heteroatoms. The highest BCUT2D eigenvalue weighted by molar-refractivity contribution is 8.15. The quantitative estimate of drug-likeness (QED) is 0.311. The van der Waals surface area contributed by atoms with Crippen molar-refractivity contribution in [2.24, 2.45) is 5.10 Å². The molecule has 0 saturated heterocycles. The molecule has 2 aromatic carbocycles. The molecule has 0 atom stereocenters. The van der Waals surface area contributed by atoms with Crippen molar-refractivity contribution < 1.29 is 4.79 Å². The highest BCUT2D eigenvalue weighted by Gasteiger charge is 2.16.